The smallest absolute Gasteiger partial charge is 0.251 e. The number of anilines is 1. The van der Waals surface area contributed by atoms with E-state index < -0.39 is 18.1 Å². The van der Waals surface area contributed by atoms with E-state index in [9.17, 15) is 19.5 Å². The van der Waals surface area contributed by atoms with Crippen molar-refractivity contribution in [2.45, 2.75) is 96.4 Å². The van der Waals surface area contributed by atoms with E-state index in [0.29, 0.717) is 42.3 Å². The van der Waals surface area contributed by atoms with Gasteiger partial charge in [0.1, 0.15) is 5.75 Å². The van der Waals surface area contributed by atoms with Gasteiger partial charge in [0.2, 0.25) is 11.8 Å². The van der Waals surface area contributed by atoms with Crippen molar-refractivity contribution in [2.24, 2.45) is 17.8 Å². The minimum Gasteiger partial charge on any atom is -0.491 e. The first-order valence-corrected chi connectivity index (χ1v) is 15.6. The summed E-state index contributed by atoms with van der Waals surface area (Å²) in [6.45, 7) is 6.27. The Bertz CT molecular complexity index is 1270. The zero-order chi connectivity index (χ0) is 29.8. The number of nitrogens with zero attached hydrogens (tertiary/aromatic N) is 1. The van der Waals surface area contributed by atoms with Gasteiger partial charge >= 0.3 is 0 Å². The predicted octanol–water partition coefficient (Wildman–Crippen LogP) is 4.63. The van der Waals surface area contributed by atoms with Crippen LogP contribution in [0.4, 0.5) is 5.69 Å². The molecule has 3 aliphatic rings. The number of ether oxygens (including phenoxy) is 1. The average Bonchev–Trinajstić information content (AvgIpc) is 3.70. The van der Waals surface area contributed by atoms with Gasteiger partial charge in [-0.05, 0) is 81.9 Å². The Morgan fingerprint density at radius 2 is 1.86 bits per heavy atom. The van der Waals surface area contributed by atoms with Gasteiger partial charge in [-0.25, -0.2) is 0 Å². The fourth-order valence-corrected chi connectivity index (χ4v) is 6.91. The van der Waals surface area contributed by atoms with Gasteiger partial charge in [0.15, 0.2) is 0 Å². The Kier molecular flexibility index (Phi) is 9.51. The van der Waals surface area contributed by atoms with Crippen LogP contribution in [-0.4, -0.2) is 53.7 Å². The molecule has 0 spiro atoms. The number of rotatable bonds is 12. The lowest BCUT2D eigenvalue weighted by Gasteiger charge is -2.28. The van der Waals surface area contributed by atoms with Crippen molar-refractivity contribution in [3.05, 3.63) is 59.7 Å². The van der Waals surface area contributed by atoms with Gasteiger partial charge in [-0.1, -0.05) is 43.7 Å². The van der Waals surface area contributed by atoms with Crippen LogP contribution in [0.3, 0.4) is 0 Å². The van der Waals surface area contributed by atoms with E-state index in [-0.39, 0.29) is 36.3 Å². The molecule has 3 N–H and O–H groups in total. The lowest BCUT2D eigenvalue weighted by Crippen LogP contribution is -2.47. The molecule has 3 amide bonds. The second-order valence-electron chi connectivity index (χ2n) is 12.8. The molecule has 2 saturated carbocycles. The second-order valence-corrected chi connectivity index (χ2v) is 12.8. The molecule has 5 rings (SSSR count). The molecule has 2 aromatic rings. The van der Waals surface area contributed by atoms with Crippen LogP contribution in [0.1, 0.15) is 81.6 Å². The Hall–Kier alpha value is -3.39. The molecule has 2 aromatic carbocycles. The zero-order valence-electron chi connectivity index (χ0n) is 25.1. The summed E-state index contributed by atoms with van der Waals surface area (Å²) < 4.78 is 5.93. The highest BCUT2D eigenvalue weighted by Crippen LogP contribution is 2.44. The highest BCUT2D eigenvalue weighted by molar-refractivity contribution is 5.99. The molecule has 1 aliphatic heterocycles. The maximum atomic E-state index is 13.7. The zero-order valence-corrected chi connectivity index (χ0v) is 25.1. The van der Waals surface area contributed by atoms with E-state index in [4.69, 9.17) is 4.74 Å². The summed E-state index contributed by atoms with van der Waals surface area (Å²) >= 11 is 0. The van der Waals surface area contributed by atoms with Crippen molar-refractivity contribution in [3.8, 4) is 5.75 Å². The predicted molar refractivity (Wildman–Crippen MR) is 162 cm³/mol. The molecular formula is C34H45N3O5. The summed E-state index contributed by atoms with van der Waals surface area (Å²) in [5.41, 5.74) is 1.96. The third kappa shape index (κ3) is 7.33. The summed E-state index contributed by atoms with van der Waals surface area (Å²) in [5.74, 6) is 1.06. The Balaban J connectivity index is 1.31. The summed E-state index contributed by atoms with van der Waals surface area (Å²) in [5, 5.41) is 17.7. The van der Waals surface area contributed by atoms with Crippen LogP contribution in [0.5, 0.6) is 5.75 Å². The van der Waals surface area contributed by atoms with Crippen molar-refractivity contribution in [3.63, 3.8) is 0 Å². The van der Waals surface area contributed by atoms with Crippen LogP contribution < -0.4 is 20.3 Å². The molecule has 8 heteroatoms. The number of amides is 3. The molecule has 2 bridgehead atoms. The van der Waals surface area contributed by atoms with Crippen molar-refractivity contribution in [1.29, 1.82) is 0 Å². The number of carbonyl (C=O) groups is 3. The number of hydrogen-bond donors (Lipinski definition) is 3. The van der Waals surface area contributed by atoms with Crippen molar-refractivity contribution >= 4 is 23.4 Å². The number of fused-ring (bicyclic) bond motifs is 2. The molecule has 3 unspecified atom stereocenters. The van der Waals surface area contributed by atoms with Crippen LogP contribution in [0, 0.1) is 17.8 Å². The fourth-order valence-electron chi connectivity index (χ4n) is 6.91. The third-order valence-electron chi connectivity index (χ3n) is 9.10. The van der Waals surface area contributed by atoms with E-state index in [2.05, 4.69) is 10.6 Å². The molecule has 0 radical (unpaired) electrons. The third-order valence-corrected chi connectivity index (χ3v) is 9.10. The fraction of sp³-hybridized carbons (Fsp3) is 0.559. The van der Waals surface area contributed by atoms with Crippen LogP contribution >= 0.6 is 0 Å². The number of nitrogens with one attached hydrogen (secondary N) is 2. The van der Waals surface area contributed by atoms with E-state index >= 15 is 0 Å². The molecule has 42 heavy (non-hydrogen) atoms. The van der Waals surface area contributed by atoms with Gasteiger partial charge in [-0.3, -0.25) is 14.4 Å². The minimum atomic E-state index is -0.940. The average molecular weight is 576 g/mol. The standard InChI is InChI=1S/C34H45N3O5/c1-21(2)42-28-19-26(18-27(20-28)37-13-7-10-32(37)39)34(41)36-30(16-23-8-5-4-6-9-23)31(38)14-22(3)33(40)35-29-17-24-11-12-25(29)15-24/h4-6,8-9,18-22,24-25,29-31,38H,7,10-17H2,1-3H3,(H,35,40)(H,36,41)/t22-,24?,25?,29?,30+,31+/m1/s1. The maximum absolute atomic E-state index is 13.7. The van der Waals surface area contributed by atoms with Crippen molar-refractivity contribution in [2.75, 3.05) is 11.4 Å². The quantitative estimate of drug-likeness (QED) is 0.342. The van der Waals surface area contributed by atoms with Gasteiger partial charge < -0.3 is 25.4 Å². The van der Waals surface area contributed by atoms with Crippen molar-refractivity contribution < 1.29 is 24.2 Å². The van der Waals surface area contributed by atoms with Gasteiger partial charge in [0, 0.05) is 42.2 Å². The first-order chi connectivity index (χ1) is 20.2. The van der Waals surface area contributed by atoms with E-state index in [1.54, 1.807) is 23.1 Å². The molecular weight excluding hydrogens is 530 g/mol. The molecule has 8 nitrogen and oxygen atoms in total. The summed E-state index contributed by atoms with van der Waals surface area (Å²) in [4.78, 5) is 41.0. The second kappa shape index (κ2) is 13.3. The highest BCUT2D eigenvalue weighted by atomic mass is 16.5. The Morgan fingerprint density at radius 1 is 1.07 bits per heavy atom. The van der Waals surface area contributed by atoms with E-state index in [0.717, 1.165) is 24.3 Å². The lowest BCUT2D eigenvalue weighted by atomic mass is 9.91. The number of benzene rings is 2. The van der Waals surface area contributed by atoms with Crippen LogP contribution in [0.15, 0.2) is 48.5 Å². The van der Waals surface area contributed by atoms with Crippen LogP contribution in [0.25, 0.3) is 0 Å². The summed E-state index contributed by atoms with van der Waals surface area (Å²) in [6.07, 6.45) is 5.58. The van der Waals surface area contributed by atoms with Crippen LogP contribution in [-0.2, 0) is 16.0 Å². The lowest BCUT2D eigenvalue weighted by molar-refractivity contribution is -0.126. The molecule has 3 fully saturated rings. The number of aliphatic hydroxyl groups is 1. The monoisotopic (exact) mass is 575 g/mol. The molecule has 0 aromatic heterocycles. The largest absolute Gasteiger partial charge is 0.491 e. The number of hydrogen-bond acceptors (Lipinski definition) is 5. The molecule has 1 heterocycles. The first-order valence-electron chi connectivity index (χ1n) is 15.6. The van der Waals surface area contributed by atoms with E-state index in [1.165, 1.54) is 19.3 Å². The normalized spacial score (nSPS) is 23.6. The molecule has 1 saturated heterocycles. The number of carbonyl (C=O) groups excluding carboxylic acids is 3. The van der Waals surface area contributed by atoms with Gasteiger partial charge in [-0.2, -0.15) is 0 Å². The Morgan fingerprint density at radius 3 is 2.50 bits per heavy atom. The molecule has 6 atom stereocenters. The van der Waals surface area contributed by atoms with Gasteiger partial charge in [0.05, 0.1) is 18.2 Å². The van der Waals surface area contributed by atoms with Crippen molar-refractivity contribution in [1.82, 2.24) is 10.6 Å². The summed E-state index contributed by atoms with van der Waals surface area (Å²) in [7, 11) is 0. The highest BCUT2D eigenvalue weighted by Gasteiger charge is 2.40. The first kappa shape index (κ1) is 30.1. The molecule has 226 valence electrons. The molecule has 2 aliphatic carbocycles. The Labute approximate surface area is 249 Å². The van der Waals surface area contributed by atoms with Gasteiger partial charge in [-0.15, -0.1) is 0 Å². The topological polar surface area (TPSA) is 108 Å². The summed E-state index contributed by atoms with van der Waals surface area (Å²) in [6, 6.07) is 14.5. The SMILES string of the molecule is CC(C)Oc1cc(C(=O)N[C@@H](Cc2ccccc2)[C@@H](O)C[C@@H](C)C(=O)NC2CC3CCC2C3)cc(N2CCCC2=O)c1. The van der Waals surface area contributed by atoms with Gasteiger partial charge in [0.25, 0.3) is 5.91 Å². The van der Waals surface area contributed by atoms with E-state index in [1.807, 2.05) is 51.1 Å². The maximum Gasteiger partial charge on any atom is 0.251 e. The van der Waals surface area contributed by atoms with Crippen LogP contribution in [0.2, 0.25) is 0 Å². The minimum absolute atomic E-state index is 0.0260. The number of aliphatic hydroxyl groups excluding tert-OH is 1.